The molecule has 1 aliphatic carbocycles. The lowest BCUT2D eigenvalue weighted by atomic mass is 9.92. The van der Waals surface area contributed by atoms with Crippen molar-refractivity contribution in [2.75, 3.05) is 12.0 Å². The maximum absolute atomic E-state index is 11.7. The fourth-order valence-corrected chi connectivity index (χ4v) is 2.72. The van der Waals surface area contributed by atoms with Crippen LogP contribution in [0.4, 0.5) is 0 Å². The van der Waals surface area contributed by atoms with E-state index in [0.717, 1.165) is 25.5 Å². The van der Waals surface area contributed by atoms with Crippen LogP contribution in [0.15, 0.2) is 0 Å². The quantitative estimate of drug-likeness (QED) is 0.608. The number of nitrogens with one attached hydrogen (secondary N) is 1. The van der Waals surface area contributed by atoms with Gasteiger partial charge in [0.2, 0.25) is 5.91 Å². The molecular weight excluding hydrogens is 256 g/mol. The predicted octanol–water partition coefficient (Wildman–Crippen LogP) is -0.832. The topological polar surface area (TPSA) is 109 Å². The highest BCUT2D eigenvalue weighted by molar-refractivity contribution is 7.90. The summed E-state index contributed by atoms with van der Waals surface area (Å²) in [6, 6.07) is -1.09. The van der Waals surface area contributed by atoms with Gasteiger partial charge in [0.1, 0.15) is 9.84 Å². The lowest BCUT2D eigenvalue weighted by molar-refractivity contribution is -0.124. The molecule has 4 N–H and O–H groups in total. The van der Waals surface area contributed by atoms with Gasteiger partial charge in [0, 0.05) is 6.26 Å². The SMILES string of the molecule is CS(=O)(=O)CCC(N)C(=O)N[C@@H]1CCCC[C@H]1O. The number of amides is 1. The van der Waals surface area contributed by atoms with Crippen molar-refractivity contribution < 1.29 is 18.3 Å². The Morgan fingerprint density at radius 3 is 2.61 bits per heavy atom. The second kappa shape index (κ2) is 6.49. The number of rotatable bonds is 5. The molecule has 1 saturated carbocycles. The Morgan fingerprint density at radius 2 is 2.06 bits per heavy atom. The minimum Gasteiger partial charge on any atom is -0.391 e. The molecule has 106 valence electrons. The number of aliphatic hydroxyl groups is 1. The van der Waals surface area contributed by atoms with Crippen molar-refractivity contribution in [2.45, 2.75) is 50.3 Å². The van der Waals surface area contributed by atoms with E-state index in [1.807, 2.05) is 0 Å². The molecular formula is C11H22N2O4S. The summed E-state index contributed by atoms with van der Waals surface area (Å²) < 4.78 is 21.9. The van der Waals surface area contributed by atoms with Crippen LogP contribution in [0.2, 0.25) is 0 Å². The Labute approximate surface area is 108 Å². The molecule has 0 radical (unpaired) electrons. The summed E-state index contributed by atoms with van der Waals surface area (Å²) in [6.45, 7) is 0. The van der Waals surface area contributed by atoms with E-state index in [0.29, 0.717) is 6.42 Å². The number of hydrogen-bond acceptors (Lipinski definition) is 5. The minimum absolute atomic E-state index is 0.102. The first-order chi connectivity index (χ1) is 8.29. The Bertz CT molecular complexity index is 383. The van der Waals surface area contributed by atoms with E-state index in [2.05, 4.69) is 5.32 Å². The summed E-state index contributed by atoms with van der Waals surface area (Å²) in [5, 5.41) is 12.4. The maximum Gasteiger partial charge on any atom is 0.237 e. The third kappa shape index (κ3) is 5.32. The molecule has 0 spiro atoms. The lowest BCUT2D eigenvalue weighted by Gasteiger charge is -2.29. The van der Waals surface area contributed by atoms with Crippen LogP contribution < -0.4 is 11.1 Å². The van der Waals surface area contributed by atoms with Crippen LogP contribution in [0, 0.1) is 0 Å². The van der Waals surface area contributed by atoms with Crippen LogP contribution in [-0.4, -0.2) is 49.6 Å². The zero-order chi connectivity index (χ0) is 13.8. The number of carbonyl (C=O) groups is 1. The van der Waals surface area contributed by atoms with Crippen LogP contribution in [0.25, 0.3) is 0 Å². The molecule has 1 aliphatic rings. The Hall–Kier alpha value is -0.660. The second-order valence-electron chi connectivity index (χ2n) is 4.99. The van der Waals surface area contributed by atoms with E-state index in [1.54, 1.807) is 0 Å². The number of carbonyl (C=O) groups excluding carboxylic acids is 1. The number of nitrogens with two attached hydrogens (primary N) is 1. The highest BCUT2D eigenvalue weighted by Gasteiger charge is 2.26. The van der Waals surface area contributed by atoms with Crippen molar-refractivity contribution in [3.8, 4) is 0 Å². The van der Waals surface area contributed by atoms with Crippen molar-refractivity contribution in [3.63, 3.8) is 0 Å². The first kappa shape index (κ1) is 15.4. The molecule has 0 bridgehead atoms. The number of sulfone groups is 1. The summed E-state index contributed by atoms with van der Waals surface area (Å²) in [5.74, 6) is -0.487. The van der Waals surface area contributed by atoms with Gasteiger partial charge in [-0.1, -0.05) is 12.8 Å². The summed E-state index contributed by atoms with van der Waals surface area (Å²) in [7, 11) is -3.11. The third-order valence-corrected chi connectivity index (χ3v) is 4.17. The van der Waals surface area contributed by atoms with Gasteiger partial charge in [-0.05, 0) is 19.3 Å². The van der Waals surface area contributed by atoms with Gasteiger partial charge in [-0.25, -0.2) is 8.42 Å². The zero-order valence-corrected chi connectivity index (χ0v) is 11.4. The third-order valence-electron chi connectivity index (χ3n) is 3.19. The molecule has 6 nitrogen and oxygen atoms in total. The van der Waals surface area contributed by atoms with E-state index >= 15 is 0 Å². The molecule has 1 rings (SSSR count). The largest absolute Gasteiger partial charge is 0.391 e. The molecule has 18 heavy (non-hydrogen) atoms. The zero-order valence-electron chi connectivity index (χ0n) is 10.6. The monoisotopic (exact) mass is 278 g/mol. The van der Waals surface area contributed by atoms with Gasteiger partial charge in [-0.3, -0.25) is 4.79 Å². The molecule has 0 aromatic heterocycles. The molecule has 1 unspecified atom stereocenters. The molecule has 1 amide bonds. The Kier molecular flexibility index (Phi) is 5.55. The van der Waals surface area contributed by atoms with Gasteiger partial charge in [-0.15, -0.1) is 0 Å². The van der Waals surface area contributed by atoms with Crippen molar-refractivity contribution >= 4 is 15.7 Å². The number of hydrogen-bond donors (Lipinski definition) is 3. The molecule has 3 atom stereocenters. The summed E-state index contributed by atoms with van der Waals surface area (Å²) in [6.07, 6.45) is 4.06. The lowest BCUT2D eigenvalue weighted by Crippen LogP contribution is -2.51. The highest BCUT2D eigenvalue weighted by atomic mass is 32.2. The van der Waals surface area contributed by atoms with E-state index in [4.69, 9.17) is 5.73 Å². The number of aliphatic hydroxyl groups excluding tert-OH is 1. The van der Waals surface area contributed by atoms with Crippen LogP contribution in [0.5, 0.6) is 0 Å². The van der Waals surface area contributed by atoms with Gasteiger partial charge in [0.15, 0.2) is 0 Å². The average Bonchev–Trinajstić information content (AvgIpc) is 2.28. The Balaban J connectivity index is 2.39. The van der Waals surface area contributed by atoms with Crippen molar-refractivity contribution in [1.82, 2.24) is 5.32 Å². The van der Waals surface area contributed by atoms with E-state index < -0.39 is 22.0 Å². The summed E-state index contributed by atoms with van der Waals surface area (Å²) >= 11 is 0. The van der Waals surface area contributed by atoms with E-state index in [1.165, 1.54) is 0 Å². The standard InChI is InChI=1S/C11H22N2O4S/c1-18(16,17)7-6-8(12)11(15)13-9-4-2-3-5-10(9)14/h8-10,14H,2-7,12H2,1H3,(H,13,15)/t8?,9-,10-/m1/s1. The van der Waals surface area contributed by atoms with E-state index in [-0.39, 0.29) is 24.1 Å². The minimum atomic E-state index is -3.11. The molecule has 0 heterocycles. The van der Waals surface area contributed by atoms with Gasteiger partial charge >= 0.3 is 0 Å². The van der Waals surface area contributed by atoms with E-state index in [9.17, 15) is 18.3 Å². The smallest absolute Gasteiger partial charge is 0.237 e. The van der Waals surface area contributed by atoms with Gasteiger partial charge in [-0.2, -0.15) is 0 Å². The highest BCUT2D eigenvalue weighted by Crippen LogP contribution is 2.18. The van der Waals surface area contributed by atoms with Gasteiger partial charge < -0.3 is 16.2 Å². The van der Waals surface area contributed by atoms with Crippen LogP contribution in [-0.2, 0) is 14.6 Å². The molecule has 0 aliphatic heterocycles. The summed E-state index contributed by atoms with van der Waals surface area (Å²) in [5.41, 5.74) is 5.63. The van der Waals surface area contributed by atoms with Crippen LogP contribution in [0.3, 0.4) is 0 Å². The van der Waals surface area contributed by atoms with Crippen LogP contribution >= 0.6 is 0 Å². The maximum atomic E-state index is 11.7. The van der Waals surface area contributed by atoms with Gasteiger partial charge in [0.05, 0.1) is 23.9 Å². The summed E-state index contributed by atoms with van der Waals surface area (Å²) in [4.78, 5) is 11.7. The van der Waals surface area contributed by atoms with Crippen molar-refractivity contribution in [1.29, 1.82) is 0 Å². The van der Waals surface area contributed by atoms with Gasteiger partial charge in [0.25, 0.3) is 0 Å². The fraction of sp³-hybridized carbons (Fsp3) is 0.909. The molecule has 0 saturated heterocycles. The molecule has 1 fully saturated rings. The molecule has 0 aromatic carbocycles. The van der Waals surface area contributed by atoms with Crippen molar-refractivity contribution in [3.05, 3.63) is 0 Å². The first-order valence-corrected chi connectivity index (χ1v) is 8.27. The van der Waals surface area contributed by atoms with Crippen molar-refractivity contribution in [2.24, 2.45) is 5.73 Å². The average molecular weight is 278 g/mol. The first-order valence-electron chi connectivity index (χ1n) is 6.21. The fourth-order valence-electron chi connectivity index (χ4n) is 2.04. The normalized spacial score (nSPS) is 26.6. The Morgan fingerprint density at radius 1 is 1.44 bits per heavy atom. The molecule has 7 heteroatoms. The van der Waals surface area contributed by atoms with Crippen LogP contribution in [0.1, 0.15) is 32.1 Å². The predicted molar refractivity (Wildman–Crippen MR) is 68.7 cm³/mol. The molecule has 0 aromatic rings. The second-order valence-corrected chi connectivity index (χ2v) is 7.25.